The Morgan fingerprint density at radius 3 is 2.17 bits per heavy atom. The fourth-order valence-electron chi connectivity index (χ4n) is 2.57. The van der Waals surface area contributed by atoms with E-state index >= 15 is 0 Å². The van der Waals surface area contributed by atoms with Gasteiger partial charge < -0.3 is 19.8 Å². The third-order valence-corrected chi connectivity index (χ3v) is 4.81. The number of hydrogen-bond donors (Lipinski definition) is 1. The van der Waals surface area contributed by atoms with E-state index in [2.05, 4.69) is 0 Å². The van der Waals surface area contributed by atoms with Crippen molar-refractivity contribution < 1.29 is 14.0 Å². The normalized spacial score (nSPS) is 18.6. The zero-order valence-electron chi connectivity index (χ0n) is 14.7. The van der Waals surface area contributed by atoms with Crippen LogP contribution in [-0.2, 0) is 15.9 Å². The smallest absolute Gasteiger partial charge is 0.489 e. The number of ether oxygens (including phenoxy) is 1. The predicted molar refractivity (Wildman–Crippen MR) is 97.3 cm³/mol. The van der Waals surface area contributed by atoms with Crippen LogP contribution in [0.2, 0.25) is 0 Å². The molecule has 1 aliphatic rings. The van der Waals surface area contributed by atoms with E-state index in [0.29, 0.717) is 12.3 Å². The summed E-state index contributed by atoms with van der Waals surface area (Å²) in [6.45, 7) is 8.62. The molecule has 2 N–H and O–H groups in total. The van der Waals surface area contributed by atoms with Gasteiger partial charge in [-0.15, -0.1) is 0 Å². The molecule has 0 spiro atoms. The minimum absolute atomic E-state index is 0.382. The second-order valence-corrected chi connectivity index (χ2v) is 7.15. The molecule has 1 saturated heterocycles. The molecule has 5 heteroatoms. The molecule has 0 aliphatic carbocycles. The number of hydrogen-bond acceptors (Lipinski definition) is 4. The summed E-state index contributed by atoms with van der Waals surface area (Å²) in [6.07, 6.45) is 0. The van der Waals surface area contributed by atoms with E-state index in [-0.39, 0.29) is 11.2 Å². The van der Waals surface area contributed by atoms with Crippen molar-refractivity contribution in [3.05, 3.63) is 54.1 Å². The lowest BCUT2D eigenvalue weighted by molar-refractivity contribution is 0.00578. The van der Waals surface area contributed by atoms with Crippen LogP contribution in [0, 0.1) is 0 Å². The van der Waals surface area contributed by atoms with E-state index in [0.717, 1.165) is 16.8 Å². The summed E-state index contributed by atoms with van der Waals surface area (Å²) < 4.78 is 17.9. The molecule has 24 heavy (non-hydrogen) atoms. The van der Waals surface area contributed by atoms with E-state index < -0.39 is 7.12 Å². The summed E-state index contributed by atoms with van der Waals surface area (Å²) >= 11 is 0. The summed E-state index contributed by atoms with van der Waals surface area (Å²) in [4.78, 5) is 0. The summed E-state index contributed by atoms with van der Waals surface area (Å²) in [7, 11) is -0.460. The van der Waals surface area contributed by atoms with Crippen LogP contribution in [-0.4, -0.2) is 18.3 Å². The third-order valence-electron chi connectivity index (χ3n) is 4.81. The molecule has 0 atom stereocenters. The Bertz CT molecular complexity index is 700. The van der Waals surface area contributed by atoms with Crippen LogP contribution in [0.4, 0.5) is 5.69 Å². The topological polar surface area (TPSA) is 53.7 Å². The van der Waals surface area contributed by atoms with Crippen LogP contribution >= 0.6 is 0 Å². The van der Waals surface area contributed by atoms with Crippen molar-refractivity contribution in [2.45, 2.75) is 45.5 Å². The maximum atomic E-state index is 6.21. The standard InChI is InChI=1S/C19H24BNO3/c1-18(2)19(3,4)24-20(23-18)16-11-10-15(12-17(16)21)22-13-14-8-6-5-7-9-14/h5-12H,13,21H2,1-4H3. The maximum absolute atomic E-state index is 6.21. The average Bonchev–Trinajstić information content (AvgIpc) is 2.74. The monoisotopic (exact) mass is 325 g/mol. The minimum atomic E-state index is -0.460. The number of anilines is 1. The summed E-state index contributed by atoms with van der Waals surface area (Å²) in [5, 5.41) is 0. The van der Waals surface area contributed by atoms with Crippen LogP contribution < -0.4 is 15.9 Å². The lowest BCUT2D eigenvalue weighted by Crippen LogP contribution is -2.41. The Kier molecular flexibility index (Phi) is 4.32. The Labute approximate surface area is 144 Å². The van der Waals surface area contributed by atoms with Gasteiger partial charge in [-0.25, -0.2) is 0 Å². The molecule has 1 fully saturated rings. The quantitative estimate of drug-likeness (QED) is 0.693. The molecular formula is C19H24BNO3. The summed E-state index contributed by atoms with van der Waals surface area (Å²) in [6, 6.07) is 15.7. The van der Waals surface area contributed by atoms with E-state index in [4.69, 9.17) is 19.8 Å². The van der Waals surface area contributed by atoms with Crippen molar-refractivity contribution in [3.63, 3.8) is 0 Å². The Morgan fingerprint density at radius 1 is 0.958 bits per heavy atom. The second-order valence-electron chi connectivity index (χ2n) is 7.15. The molecule has 4 nitrogen and oxygen atoms in total. The zero-order valence-corrected chi connectivity index (χ0v) is 14.7. The Balaban J connectivity index is 1.72. The first-order valence-electron chi connectivity index (χ1n) is 8.20. The molecule has 0 radical (unpaired) electrons. The molecule has 2 aromatic carbocycles. The van der Waals surface area contributed by atoms with Gasteiger partial charge in [0.25, 0.3) is 0 Å². The minimum Gasteiger partial charge on any atom is -0.489 e. The molecule has 3 rings (SSSR count). The van der Waals surface area contributed by atoms with Crippen molar-refractivity contribution in [1.82, 2.24) is 0 Å². The average molecular weight is 325 g/mol. The molecule has 1 heterocycles. The van der Waals surface area contributed by atoms with Gasteiger partial charge in [-0.3, -0.25) is 0 Å². The summed E-state index contributed by atoms with van der Waals surface area (Å²) in [5.41, 5.74) is 8.00. The third kappa shape index (κ3) is 3.28. The molecule has 0 saturated carbocycles. The van der Waals surface area contributed by atoms with Crippen LogP contribution in [0.1, 0.15) is 33.3 Å². The molecule has 0 unspecified atom stereocenters. The fourth-order valence-corrected chi connectivity index (χ4v) is 2.57. The summed E-state index contributed by atoms with van der Waals surface area (Å²) in [5.74, 6) is 0.733. The molecular weight excluding hydrogens is 301 g/mol. The highest BCUT2D eigenvalue weighted by molar-refractivity contribution is 6.63. The number of benzene rings is 2. The van der Waals surface area contributed by atoms with Crippen molar-refractivity contribution in [2.75, 3.05) is 5.73 Å². The zero-order chi connectivity index (χ0) is 17.4. The van der Waals surface area contributed by atoms with Crippen LogP contribution in [0.3, 0.4) is 0 Å². The molecule has 0 aromatic heterocycles. The van der Waals surface area contributed by atoms with Gasteiger partial charge in [-0.1, -0.05) is 36.4 Å². The van der Waals surface area contributed by atoms with Gasteiger partial charge in [0.15, 0.2) is 0 Å². The predicted octanol–water partition coefficient (Wildman–Crippen LogP) is 3.15. The second kappa shape index (κ2) is 6.15. The van der Waals surface area contributed by atoms with Gasteiger partial charge in [0.05, 0.1) is 11.2 Å². The van der Waals surface area contributed by atoms with E-state index in [1.165, 1.54) is 0 Å². The van der Waals surface area contributed by atoms with Crippen molar-refractivity contribution in [2.24, 2.45) is 0 Å². The fraction of sp³-hybridized carbons (Fsp3) is 0.368. The van der Waals surface area contributed by atoms with Crippen molar-refractivity contribution >= 4 is 18.3 Å². The lowest BCUT2D eigenvalue weighted by atomic mass is 9.78. The number of rotatable bonds is 4. The highest BCUT2D eigenvalue weighted by Crippen LogP contribution is 2.37. The lowest BCUT2D eigenvalue weighted by Gasteiger charge is -2.32. The van der Waals surface area contributed by atoms with E-state index in [1.807, 2.05) is 76.2 Å². The van der Waals surface area contributed by atoms with Gasteiger partial charge in [0, 0.05) is 17.2 Å². The molecule has 0 bridgehead atoms. The van der Waals surface area contributed by atoms with Crippen LogP contribution in [0.5, 0.6) is 5.75 Å². The van der Waals surface area contributed by atoms with Crippen molar-refractivity contribution in [3.8, 4) is 5.75 Å². The largest absolute Gasteiger partial charge is 0.496 e. The van der Waals surface area contributed by atoms with Gasteiger partial charge in [-0.05, 0) is 39.3 Å². The molecule has 0 amide bonds. The van der Waals surface area contributed by atoms with Gasteiger partial charge >= 0.3 is 7.12 Å². The molecule has 2 aromatic rings. The van der Waals surface area contributed by atoms with E-state index in [1.54, 1.807) is 0 Å². The van der Waals surface area contributed by atoms with Crippen LogP contribution in [0.15, 0.2) is 48.5 Å². The first kappa shape index (κ1) is 16.9. The van der Waals surface area contributed by atoms with Crippen LogP contribution in [0.25, 0.3) is 0 Å². The highest BCUT2D eigenvalue weighted by Gasteiger charge is 2.52. The van der Waals surface area contributed by atoms with Gasteiger partial charge in [0.1, 0.15) is 12.4 Å². The van der Waals surface area contributed by atoms with Gasteiger partial charge in [-0.2, -0.15) is 0 Å². The SMILES string of the molecule is CC1(C)OB(c2ccc(OCc3ccccc3)cc2N)OC1(C)C. The number of nitrogen functional groups attached to an aromatic ring is 1. The van der Waals surface area contributed by atoms with Crippen molar-refractivity contribution in [1.29, 1.82) is 0 Å². The van der Waals surface area contributed by atoms with Gasteiger partial charge in [0.2, 0.25) is 0 Å². The number of nitrogens with two attached hydrogens (primary N) is 1. The Hall–Kier alpha value is -1.98. The Morgan fingerprint density at radius 2 is 1.58 bits per heavy atom. The first-order valence-corrected chi connectivity index (χ1v) is 8.20. The first-order chi connectivity index (χ1) is 11.3. The molecule has 126 valence electrons. The van der Waals surface area contributed by atoms with E-state index in [9.17, 15) is 0 Å². The molecule has 1 aliphatic heterocycles. The maximum Gasteiger partial charge on any atom is 0.496 e. The highest BCUT2D eigenvalue weighted by atomic mass is 16.7.